The fourth-order valence-corrected chi connectivity index (χ4v) is 2.51. The number of nitrogens with one attached hydrogen (secondary N) is 3. The van der Waals surface area contributed by atoms with Gasteiger partial charge in [-0.25, -0.2) is 23.0 Å². The Bertz CT molecular complexity index is 877. The standard InChI is InChI=1S/C9H7N5O4S/c15-9-12-6-2-1-5(3-7(6)18-9)19(16,17)14-8-10-4-11-13-8/h1-4H,(H,12,15)(H2,10,11,13,14). The summed E-state index contributed by atoms with van der Waals surface area (Å²) in [7, 11) is -3.83. The molecule has 0 atom stereocenters. The van der Waals surface area contributed by atoms with Crippen LogP contribution in [-0.2, 0) is 10.0 Å². The summed E-state index contributed by atoms with van der Waals surface area (Å²) in [6.07, 6.45) is 1.17. The van der Waals surface area contributed by atoms with Crippen LogP contribution in [0.3, 0.4) is 0 Å². The Balaban J connectivity index is 2.05. The summed E-state index contributed by atoms with van der Waals surface area (Å²) >= 11 is 0. The van der Waals surface area contributed by atoms with Gasteiger partial charge in [0.1, 0.15) is 6.33 Å². The average molecular weight is 281 g/mol. The predicted octanol–water partition coefficient (Wildman–Crippen LogP) is 0.0400. The molecule has 0 saturated carbocycles. The zero-order valence-electron chi connectivity index (χ0n) is 9.25. The Morgan fingerprint density at radius 2 is 2.16 bits per heavy atom. The average Bonchev–Trinajstić information content (AvgIpc) is 2.95. The molecule has 0 bridgehead atoms. The van der Waals surface area contributed by atoms with Gasteiger partial charge in [0.2, 0.25) is 5.95 Å². The SMILES string of the molecule is O=c1[nH]c2ccc(S(=O)(=O)Nc3ncn[nH]3)cc2o1. The summed E-state index contributed by atoms with van der Waals surface area (Å²) in [5, 5.41) is 5.90. The van der Waals surface area contributed by atoms with E-state index in [1.54, 1.807) is 0 Å². The molecule has 0 aliphatic rings. The minimum atomic E-state index is -3.83. The Morgan fingerprint density at radius 1 is 1.32 bits per heavy atom. The molecular weight excluding hydrogens is 274 g/mol. The minimum Gasteiger partial charge on any atom is -0.408 e. The van der Waals surface area contributed by atoms with E-state index in [1.165, 1.54) is 24.5 Å². The van der Waals surface area contributed by atoms with Crippen molar-refractivity contribution in [2.24, 2.45) is 0 Å². The first-order valence-corrected chi connectivity index (χ1v) is 6.54. The number of oxazole rings is 1. The van der Waals surface area contributed by atoms with Crippen molar-refractivity contribution in [2.45, 2.75) is 4.90 Å². The van der Waals surface area contributed by atoms with Crippen LogP contribution in [0.1, 0.15) is 0 Å². The van der Waals surface area contributed by atoms with Crippen LogP contribution in [-0.4, -0.2) is 28.6 Å². The second-order valence-electron chi connectivity index (χ2n) is 3.61. The number of hydrogen-bond donors (Lipinski definition) is 3. The van der Waals surface area contributed by atoms with Crippen molar-refractivity contribution in [2.75, 3.05) is 4.72 Å². The number of H-pyrrole nitrogens is 2. The molecule has 0 fully saturated rings. The normalized spacial score (nSPS) is 11.8. The van der Waals surface area contributed by atoms with Crippen LogP contribution >= 0.6 is 0 Å². The lowest BCUT2D eigenvalue weighted by molar-refractivity contribution is 0.554. The Hall–Kier alpha value is -2.62. The molecule has 0 saturated heterocycles. The van der Waals surface area contributed by atoms with Crippen molar-refractivity contribution in [1.82, 2.24) is 20.2 Å². The molecule has 0 aliphatic carbocycles. The second kappa shape index (κ2) is 3.95. The van der Waals surface area contributed by atoms with E-state index in [4.69, 9.17) is 4.42 Å². The van der Waals surface area contributed by atoms with Gasteiger partial charge in [-0.2, -0.15) is 10.1 Å². The summed E-state index contributed by atoms with van der Waals surface area (Å²) in [5.41, 5.74) is 0.578. The topological polar surface area (TPSA) is 134 Å². The lowest BCUT2D eigenvalue weighted by Crippen LogP contribution is -2.13. The fourth-order valence-electron chi connectivity index (χ4n) is 1.53. The molecule has 0 unspecified atom stereocenters. The fraction of sp³-hybridized carbons (Fsp3) is 0. The smallest absolute Gasteiger partial charge is 0.408 e. The summed E-state index contributed by atoms with van der Waals surface area (Å²) in [5.74, 6) is -0.650. The number of benzene rings is 1. The van der Waals surface area contributed by atoms with E-state index in [1.807, 2.05) is 0 Å². The van der Waals surface area contributed by atoms with Crippen LogP contribution in [0.4, 0.5) is 5.95 Å². The van der Waals surface area contributed by atoms with Crippen LogP contribution in [0.25, 0.3) is 11.1 Å². The quantitative estimate of drug-likeness (QED) is 0.620. The molecule has 2 heterocycles. The molecule has 0 spiro atoms. The van der Waals surface area contributed by atoms with E-state index in [2.05, 4.69) is 24.9 Å². The van der Waals surface area contributed by atoms with Crippen LogP contribution in [0.15, 0.2) is 38.6 Å². The molecular formula is C9H7N5O4S. The molecule has 0 amide bonds. The molecule has 10 heteroatoms. The lowest BCUT2D eigenvalue weighted by Gasteiger charge is -2.04. The Morgan fingerprint density at radius 3 is 2.89 bits per heavy atom. The molecule has 3 aromatic rings. The largest absolute Gasteiger partial charge is 0.417 e. The van der Waals surface area contributed by atoms with Crippen molar-refractivity contribution in [3.63, 3.8) is 0 Å². The number of nitrogens with zero attached hydrogens (tertiary/aromatic N) is 2. The molecule has 98 valence electrons. The number of sulfonamides is 1. The zero-order chi connectivity index (χ0) is 13.5. The molecule has 3 N–H and O–H groups in total. The van der Waals surface area contributed by atoms with Crippen LogP contribution in [0, 0.1) is 0 Å². The predicted molar refractivity (Wildman–Crippen MR) is 64.0 cm³/mol. The van der Waals surface area contributed by atoms with Gasteiger partial charge >= 0.3 is 5.76 Å². The third kappa shape index (κ3) is 2.08. The first kappa shape index (κ1) is 11.5. The maximum atomic E-state index is 12.0. The van der Waals surface area contributed by atoms with Gasteiger partial charge in [-0.15, -0.1) is 0 Å². The number of hydrogen-bond acceptors (Lipinski definition) is 6. The molecule has 2 aromatic heterocycles. The zero-order valence-corrected chi connectivity index (χ0v) is 10.1. The van der Waals surface area contributed by atoms with Gasteiger partial charge in [0.15, 0.2) is 5.58 Å². The molecule has 0 radical (unpaired) electrons. The van der Waals surface area contributed by atoms with E-state index >= 15 is 0 Å². The van der Waals surface area contributed by atoms with Crippen molar-refractivity contribution in [3.05, 3.63) is 35.1 Å². The van der Waals surface area contributed by atoms with Gasteiger partial charge in [-0.3, -0.25) is 4.98 Å². The highest BCUT2D eigenvalue weighted by molar-refractivity contribution is 7.92. The molecule has 9 nitrogen and oxygen atoms in total. The number of aromatic amines is 2. The monoisotopic (exact) mass is 281 g/mol. The van der Waals surface area contributed by atoms with E-state index in [-0.39, 0.29) is 16.4 Å². The lowest BCUT2D eigenvalue weighted by atomic mass is 10.3. The van der Waals surface area contributed by atoms with Gasteiger partial charge in [0.25, 0.3) is 10.0 Å². The third-order valence-electron chi connectivity index (χ3n) is 2.35. The van der Waals surface area contributed by atoms with Crippen LogP contribution < -0.4 is 10.5 Å². The molecule has 1 aromatic carbocycles. The number of rotatable bonds is 3. The summed E-state index contributed by atoms with van der Waals surface area (Å²) in [6.45, 7) is 0. The third-order valence-corrected chi connectivity index (χ3v) is 3.69. The number of anilines is 1. The Kier molecular flexibility index (Phi) is 2.38. The van der Waals surface area contributed by atoms with Gasteiger partial charge in [-0.05, 0) is 12.1 Å². The highest BCUT2D eigenvalue weighted by atomic mass is 32.2. The first-order valence-electron chi connectivity index (χ1n) is 5.06. The summed E-state index contributed by atoms with van der Waals surface area (Å²) in [6, 6.07) is 4.02. The first-order chi connectivity index (χ1) is 9.04. The maximum Gasteiger partial charge on any atom is 0.417 e. The Labute approximate surface area is 105 Å². The molecule has 0 aliphatic heterocycles. The van der Waals surface area contributed by atoms with E-state index < -0.39 is 15.8 Å². The van der Waals surface area contributed by atoms with Gasteiger partial charge in [0.05, 0.1) is 10.4 Å². The van der Waals surface area contributed by atoms with Crippen molar-refractivity contribution >= 4 is 27.1 Å². The molecule has 19 heavy (non-hydrogen) atoms. The van der Waals surface area contributed by atoms with Crippen molar-refractivity contribution in [3.8, 4) is 0 Å². The van der Waals surface area contributed by atoms with Crippen LogP contribution in [0.5, 0.6) is 0 Å². The van der Waals surface area contributed by atoms with E-state index in [9.17, 15) is 13.2 Å². The number of aromatic nitrogens is 4. The van der Waals surface area contributed by atoms with Gasteiger partial charge in [-0.1, -0.05) is 0 Å². The van der Waals surface area contributed by atoms with Crippen molar-refractivity contribution < 1.29 is 12.8 Å². The van der Waals surface area contributed by atoms with Crippen molar-refractivity contribution in [1.29, 1.82) is 0 Å². The highest BCUT2D eigenvalue weighted by Gasteiger charge is 2.17. The maximum absolute atomic E-state index is 12.0. The van der Waals surface area contributed by atoms with E-state index in [0.717, 1.165) is 0 Å². The molecule has 3 rings (SSSR count). The van der Waals surface area contributed by atoms with E-state index in [0.29, 0.717) is 5.52 Å². The minimum absolute atomic E-state index is 0.00406. The number of fused-ring (bicyclic) bond motifs is 1. The van der Waals surface area contributed by atoms with Crippen LogP contribution in [0.2, 0.25) is 0 Å². The summed E-state index contributed by atoms with van der Waals surface area (Å²) < 4.78 is 31.0. The highest BCUT2D eigenvalue weighted by Crippen LogP contribution is 2.18. The summed E-state index contributed by atoms with van der Waals surface area (Å²) in [4.78, 5) is 17.0. The second-order valence-corrected chi connectivity index (χ2v) is 5.29. The van der Waals surface area contributed by atoms with Gasteiger partial charge in [0, 0.05) is 6.07 Å². The van der Waals surface area contributed by atoms with Gasteiger partial charge < -0.3 is 4.42 Å².